The lowest BCUT2D eigenvalue weighted by atomic mass is 10.0. The lowest BCUT2D eigenvalue weighted by Gasteiger charge is -2.38. The van der Waals surface area contributed by atoms with Crippen LogP contribution in [0.15, 0.2) is 0 Å². The van der Waals surface area contributed by atoms with E-state index in [2.05, 4.69) is 4.90 Å². The molecular formula is C13H25NO3. The Bertz CT molecular complexity index is 260. The summed E-state index contributed by atoms with van der Waals surface area (Å²) in [5.74, 6) is -0.196. The van der Waals surface area contributed by atoms with Gasteiger partial charge in [0.25, 0.3) is 0 Å². The van der Waals surface area contributed by atoms with Gasteiger partial charge in [0.1, 0.15) is 11.6 Å². The lowest BCUT2D eigenvalue weighted by Crippen LogP contribution is -2.51. The molecule has 0 spiro atoms. The summed E-state index contributed by atoms with van der Waals surface area (Å²) in [7, 11) is 0. The Morgan fingerprint density at radius 2 is 2.12 bits per heavy atom. The van der Waals surface area contributed by atoms with Crippen LogP contribution in [0.5, 0.6) is 0 Å². The van der Waals surface area contributed by atoms with Gasteiger partial charge in [-0.1, -0.05) is 6.42 Å². The molecule has 4 heteroatoms. The quantitative estimate of drug-likeness (QED) is 0.764. The van der Waals surface area contributed by atoms with E-state index in [1.807, 2.05) is 27.7 Å². The molecule has 1 N–H and O–H groups in total. The molecule has 1 aliphatic heterocycles. The van der Waals surface area contributed by atoms with Crippen molar-refractivity contribution < 1.29 is 14.6 Å². The van der Waals surface area contributed by atoms with Crippen molar-refractivity contribution in [2.75, 3.05) is 13.2 Å². The van der Waals surface area contributed by atoms with Crippen molar-refractivity contribution >= 4 is 5.97 Å². The first-order valence-corrected chi connectivity index (χ1v) is 6.44. The predicted molar refractivity (Wildman–Crippen MR) is 66.7 cm³/mol. The van der Waals surface area contributed by atoms with E-state index < -0.39 is 5.60 Å². The molecule has 0 aromatic carbocycles. The molecule has 0 amide bonds. The van der Waals surface area contributed by atoms with Crippen LogP contribution in [0.2, 0.25) is 0 Å². The Balaban J connectivity index is 2.60. The summed E-state index contributed by atoms with van der Waals surface area (Å²) in [6, 6.07) is -0.169. The largest absolute Gasteiger partial charge is 0.459 e. The average molecular weight is 243 g/mol. The highest BCUT2D eigenvalue weighted by Crippen LogP contribution is 2.21. The minimum absolute atomic E-state index is 0.103. The number of carbonyl (C=O) groups is 1. The van der Waals surface area contributed by atoms with Crippen LogP contribution in [0.4, 0.5) is 0 Å². The number of esters is 1. The Morgan fingerprint density at radius 3 is 2.65 bits per heavy atom. The number of rotatable bonds is 3. The van der Waals surface area contributed by atoms with Gasteiger partial charge in [-0.3, -0.25) is 9.69 Å². The second-order valence-electron chi connectivity index (χ2n) is 5.78. The maximum Gasteiger partial charge on any atom is 0.323 e. The minimum Gasteiger partial charge on any atom is -0.459 e. The molecule has 17 heavy (non-hydrogen) atoms. The fourth-order valence-corrected chi connectivity index (χ4v) is 2.25. The molecule has 0 aromatic rings. The van der Waals surface area contributed by atoms with E-state index >= 15 is 0 Å². The Morgan fingerprint density at radius 1 is 1.47 bits per heavy atom. The van der Waals surface area contributed by atoms with Gasteiger partial charge in [0.2, 0.25) is 0 Å². The molecule has 1 saturated heterocycles. The molecule has 0 saturated carbocycles. The number of carbonyl (C=O) groups excluding carboxylic acids is 1. The van der Waals surface area contributed by atoms with Crippen molar-refractivity contribution in [1.82, 2.24) is 4.90 Å². The van der Waals surface area contributed by atoms with Crippen LogP contribution in [0.25, 0.3) is 0 Å². The molecule has 4 nitrogen and oxygen atoms in total. The van der Waals surface area contributed by atoms with Gasteiger partial charge >= 0.3 is 5.97 Å². The van der Waals surface area contributed by atoms with Crippen LogP contribution in [0, 0.1) is 0 Å². The van der Waals surface area contributed by atoms with Gasteiger partial charge in [-0.2, -0.15) is 0 Å². The molecule has 1 heterocycles. The van der Waals surface area contributed by atoms with Crippen LogP contribution in [-0.4, -0.2) is 46.8 Å². The van der Waals surface area contributed by atoms with Crippen LogP contribution >= 0.6 is 0 Å². The molecular weight excluding hydrogens is 218 g/mol. The fraction of sp³-hybridized carbons (Fsp3) is 0.923. The highest BCUT2D eigenvalue weighted by atomic mass is 16.6. The van der Waals surface area contributed by atoms with E-state index in [-0.39, 0.29) is 24.7 Å². The number of piperidine rings is 1. The summed E-state index contributed by atoms with van der Waals surface area (Å²) in [6.45, 7) is 8.47. The monoisotopic (exact) mass is 243 g/mol. The summed E-state index contributed by atoms with van der Waals surface area (Å²) in [5, 5.41) is 9.33. The van der Waals surface area contributed by atoms with E-state index in [0.717, 1.165) is 25.8 Å². The number of ether oxygens (including phenoxy) is 1. The summed E-state index contributed by atoms with van der Waals surface area (Å²) in [5.41, 5.74) is -0.449. The molecule has 100 valence electrons. The van der Waals surface area contributed by atoms with Crippen molar-refractivity contribution in [2.45, 2.75) is 64.6 Å². The first-order valence-electron chi connectivity index (χ1n) is 6.44. The average Bonchev–Trinajstić information content (AvgIpc) is 2.25. The SMILES string of the molecule is CC(C(=O)OC(C)(C)C)N1CCCCC1CO. The number of aliphatic hydroxyl groups excluding tert-OH is 1. The topological polar surface area (TPSA) is 49.8 Å². The highest BCUT2D eigenvalue weighted by Gasteiger charge is 2.32. The van der Waals surface area contributed by atoms with E-state index in [0.29, 0.717) is 0 Å². The first kappa shape index (κ1) is 14.5. The molecule has 0 aliphatic carbocycles. The maximum absolute atomic E-state index is 12.0. The zero-order valence-electron chi connectivity index (χ0n) is 11.4. The van der Waals surface area contributed by atoms with Gasteiger partial charge in [0, 0.05) is 6.04 Å². The Kier molecular flexibility index (Phi) is 4.95. The van der Waals surface area contributed by atoms with Gasteiger partial charge in [-0.05, 0) is 47.1 Å². The molecule has 1 rings (SSSR count). The number of nitrogens with zero attached hydrogens (tertiary/aromatic N) is 1. The Labute approximate surface area is 104 Å². The molecule has 1 aliphatic rings. The van der Waals surface area contributed by atoms with E-state index in [1.54, 1.807) is 0 Å². The van der Waals surface area contributed by atoms with Gasteiger partial charge in [-0.25, -0.2) is 0 Å². The van der Waals surface area contributed by atoms with Crippen molar-refractivity contribution in [2.24, 2.45) is 0 Å². The maximum atomic E-state index is 12.0. The minimum atomic E-state index is -0.449. The molecule has 0 radical (unpaired) electrons. The molecule has 1 fully saturated rings. The predicted octanol–water partition coefficient (Wildman–Crippen LogP) is 1.56. The highest BCUT2D eigenvalue weighted by molar-refractivity contribution is 5.75. The molecule has 0 bridgehead atoms. The summed E-state index contributed by atoms with van der Waals surface area (Å²) >= 11 is 0. The van der Waals surface area contributed by atoms with Gasteiger partial charge in [-0.15, -0.1) is 0 Å². The molecule has 0 aromatic heterocycles. The third-order valence-electron chi connectivity index (χ3n) is 3.13. The van der Waals surface area contributed by atoms with E-state index in [1.165, 1.54) is 0 Å². The van der Waals surface area contributed by atoms with E-state index in [9.17, 15) is 9.90 Å². The third kappa shape index (κ3) is 4.28. The standard InChI is InChI=1S/C13H25NO3/c1-10(12(16)17-13(2,3)4)14-8-6-5-7-11(14)9-15/h10-11,15H,5-9H2,1-4H3. The molecule has 2 unspecified atom stereocenters. The molecule has 2 atom stereocenters. The van der Waals surface area contributed by atoms with E-state index in [4.69, 9.17) is 4.74 Å². The van der Waals surface area contributed by atoms with Crippen molar-refractivity contribution in [3.63, 3.8) is 0 Å². The number of aliphatic hydroxyl groups is 1. The van der Waals surface area contributed by atoms with Crippen molar-refractivity contribution in [3.05, 3.63) is 0 Å². The lowest BCUT2D eigenvalue weighted by molar-refractivity contribution is -0.162. The van der Waals surface area contributed by atoms with Crippen LogP contribution in [0.1, 0.15) is 47.0 Å². The first-order chi connectivity index (χ1) is 7.85. The summed E-state index contributed by atoms with van der Waals surface area (Å²) in [4.78, 5) is 14.0. The van der Waals surface area contributed by atoms with Gasteiger partial charge in [0.15, 0.2) is 0 Å². The third-order valence-corrected chi connectivity index (χ3v) is 3.13. The van der Waals surface area contributed by atoms with Gasteiger partial charge in [0.05, 0.1) is 6.61 Å². The van der Waals surface area contributed by atoms with Crippen LogP contribution in [0.3, 0.4) is 0 Å². The Hall–Kier alpha value is -0.610. The summed E-state index contributed by atoms with van der Waals surface area (Å²) < 4.78 is 5.38. The number of hydrogen-bond donors (Lipinski definition) is 1. The fourth-order valence-electron chi connectivity index (χ4n) is 2.25. The normalized spacial score (nSPS) is 24.4. The summed E-state index contributed by atoms with van der Waals surface area (Å²) in [6.07, 6.45) is 3.18. The van der Waals surface area contributed by atoms with Gasteiger partial charge < -0.3 is 9.84 Å². The van der Waals surface area contributed by atoms with Crippen molar-refractivity contribution in [3.8, 4) is 0 Å². The van der Waals surface area contributed by atoms with Crippen LogP contribution in [-0.2, 0) is 9.53 Å². The van der Waals surface area contributed by atoms with Crippen LogP contribution < -0.4 is 0 Å². The smallest absolute Gasteiger partial charge is 0.323 e. The second kappa shape index (κ2) is 5.83. The van der Waals surface area contributed by atoms with Crippen molar-refractivity contribution in [1.29, 1.82) is 0 Å². The number of hydrogen-bond acceptors (Lipinski definition) is 4. The zero-order chi connectivity index (χ0) is 13.1. The number of likely N-dealkylation sites (tertiary alicyclic amines) is 1. The zero-order valence-corrected chi connectivity index (χ0v) is 11.4. The second-order valence-corrected chi connectivity index (χ2v) is 5.78.